The van der Waals surface area contributed by atoms with Gasteiger partial charge < -0.3 is 4.90 Å². The number of hydrogen-bond donors (Lipinski definition) is 0. The number of non-ortho nitro benzene ring substituents is 2. The van der Waals surface area contributed by atoms with E-state index in [1.54, 1.807) is 24.3 Å². The third-order valence-corrected chi connectivity index (χ3v) is 5.27. The summed E-state index contributed by atoms with van der Waals surface area (Å²) in [6.45, 7) is 0.171. The van der Waals surface area contributed by atoms with E-state index in [1.807, 2.05) is 24.3 Å². The predicted octanol–water partition coefficient (Wildman–Crippen LogP) is 5.88. The molecule has 152 valence electrons. The zero-order valence-corrected chi connectivity index (χ0v) is 18.4. The van der Waals surface area contributed by atoms with Crippen LogP contribution < -0.4 is 4.90 Å². The van der Waals surface area contributed by atoms with Crippen LogP contribution in [-0.4, -0.2) is 15.8 Å². The Labute approximate surface area is 187 Å². The van der Waals surface area contributed by atoms with E-state index in [0.717, 1.165) is 32.7 Å². The lowest BCUT2D eigenvalue weighted by Gasteiger charge is -2.23. The summed E-state index contributed by atoms with van der Waals surface area (Å²) >= 11 is 6.70. The Balaban J connectivity index is 2.07. The average molecular weight is 535 g/mol. The van der Waals surface area contributed by atoms with Gasteiger partial charge in [0.1, 0.15) is 0 Å². The van der Waals surface area contributed by atoms with E-state index in [4.69, 9.17) is 0 Å². The van der Waals surface area contributed by atoms with Crippen LogP contribution in [0.15, 0.2) is 75.7 Å². The minimum atomic E-state index is -0.761. The molecule has 0 saturated carbocycles. The Bertz CT molecular complexity index is 1090. The maximum absolute atomic E-state index is 13.3. The van der Waals surface area contributed by atoms with Crippen molar-refractivity contribution in [2.24, 2.45) is 0 Å². The molecule has 0 N–H and O–H groups in total. The molecule has 0 saturated heterocycles. The lowest BCUT2D eigenvalue weighted by atomic mass is 10.1. The Hall–Kier alpha value is -3.11. The molecule has 0 heterocycles. The van der Waals surface area contributed by atoms with Gasteiger partial charge in [0.15, 0.2) is 0 Å². The number of carbonyl (C=O) groups is 1. The molecule has 0 atom stereocenters. The Morgan fingerprint density at radius 2 is 1.27 bits per heavy atom. The van der Waals surface area contributed by atoms with Crippen LogP contribution in [0.3, 0.4) is 0 Å². The van der Waals surface area contributed by atoms with E-state index in [0.29, 0.717) is 5.69 Å². The number of halogens is 2. The molecule has 30 heavy (non-hydrogen) atoms. The number of nitro benzene ring substituents is 2. The van der Waals surface area contributed by atoms with Crippen LogP contribution in [0.2, 0.25) is 0 Å². The highest BCUT2D eigenvalue weighted by molar-refractivity contribution is 9.10. The maximum Gasteiger partial charge on any atom is 0.277 e. The van der Waals surface area contributed by atoms with Crippen LogP contribution in [0.5, 0.6) is 0 Å². The molecule has 0 fully saturated rings. The molecule has 8 nitrogen and oxygen atoms in total. The van der Waals surface area contributed by atoms with Gasteiger partial charge in [-0.1, -0.05) is 44.0 Å². The van der Waals surface area contributed by atoms with Crippen molar-refractivity contribution in [2.75, 3.05) is 4.90 Å². The van der Waals surface area contributed by atoms with Crippen LogP contribution >= 0.6 is 31.9 Å². The molecule has 0 unspecified atom stereocenters. The third kappa shape index (κ3) is 5.08. The fourth-order valence-corrected chi connectivity index (χ4v) is 3.29. The van der Waals surface area contributed by atoms with Gasteiger partial charge in [0.2, 0.25) is 0 Å². The average Bonchev–Trinajstić information content (AvgIpc) is 2.73. The molecule has 0 bridgehead atoms. The van der Waals surface area contributed by atoms with Crippen molar-refractivity contribution >= 4 is 54.8 Å². The number of rotatable bonds is 6. The van der Waals surface area contributed by atoms with Crippen molar-refractivity contribution in [3.8, 4) is 0 Å². The monoisotopic (exact) mass is 533 g/mol. The smallest absolute Gasteiger partial charge is 0.277 e. The highest BCUT2D eigenvalue weighted by atomic mass is 79.9. The van der Waals surface area contributed by atoms with Crippen LogP contribution in [0.25, 0.3) is 0 Å². The van der Waals surface area contributed by atoms with Gasteiger partial charge in [0, 0.05) is 26.8 Å². The van der Waals surface area contributed by atoms with Crippen LogP contribution in [0, 0.1) is 20.2 Å². The van der Waals surface area contributed by atoms with Crippen molar-refractivity contribution in [3.63, 3.8) is 0 Å². The lowest BCUT2D eigenvalue weighted by molar-refractivity contribution is -0.394. The van der Waals surface area contributed by atoms with Crippen LogP contribution in [0.4, 0.5) is 17.1 Å². The van der Waals surface area contributed by atoms with E-state index in [-0.39, 0.29) is 12.1 Å². The first-order chi connectivity index (χ1) is 14.2. The van der Waals surface area contributed by atoms with Gasteiger partial charge >= 0.3 is 0 Å². The van der Waals surface area contributed by atoms with Crippen molar-refractivity contribution < 1.29 is 14.6 Å². The SMILES string of the molecule is O=C(c1cc([N+](=O)[O-])cc([N+](=O)[O-])c1)N(Cc1ccc(Br)cc1)c1ccc(Br)cc1. The first kappa shape index (κ1) is 21.6. The van der Waals surface area contributed by atoms with Crippen molar-refractivity contribution in [1.29, 1.82) is 0 Å². The topological polar surface area (TPSA) is 107 Å². The summed E-state index contributed by atoms with van der Waals surface area (Å²) in [5, 5.41) is 22.4. The molecule has 3 aromatic rings. The first-order valence-corrected chi connectivity index (χ1v) is 10.1. The molecule has 3 rings (SSSR count). The maximum atomic E-state index is 13.3. The molecule has 0 aliphatic heterocycles. The summed E-state index contributed by atoms with van der Waals surface area (Å²) in [5.74, 6) is -0.591. The Kier molecular flexibility index (Phi) is 6.58. The summed E-state index contributed by atoms with van der Waals surface area (Å²) in [5.41, 5.74) is 0.171. The van der Waals surface area contributed by atoms with Crippen molar-refractivity contribution in [3.05, 3.63) is 107 Å². The number of benzene rings is 3. The largest absolute Gasteiger partial charge is 0.304 e. The number of anilines is 1. The molecule has 0 aromatic heterocycles. The second kappa shape index (κ2) is 9.14. The van der Waals surface area contributed by atoms with Crippen molar-refractivity contribution in [2.45, 2.75) is 6.54 Å². The number of hydrogen-bond acceptors (Lipinski definition) is 5. The molecule has 10 heteroatoms. The van der Waals surface area contributed by atoms with Crippen LogP contribution in [-0.2, 0) is 6.54 Å². The number of amides is 1. The molecule has 3 aromatic carbocycles. The van der Waals surface area contributed by atoms with E-state index in [2.05, 4.69) is 31.9 Å². The van der Waals surface area contributed by atoms with Gasteiger partial charge in [-0.25, -0.2) is 0 Å². The minimum Gasteiger partial charge on any atom is -0.304 e. The van der Waals surface area contributed by atoms with Gasteiger partial charge in [-0.3, -0.25) is 25.0 Å². The highest BCUT2D eigenvalue weighted by Gasteiger charge is 2.24. The number of nitrogens with zero attached hydrogens (tertiary/aromatic N) is 3. The van der Waals surface area contributed by atoms with Crippen LogP contribution in [0.1, 0.15) is 15.9 Å². The van der Waals surface area contributed by atoms with Crippen molar-refractivity contribution in [1.82, 2.24) is 0 Å². The summed E-state index contributed by atoms with van der Waals surface area (Å²) in [4.78, 5) is 35.6. The molecule has 1 amide bonds. The van der Waals surface area contributed by atoms with Gasteiger partial charge in [0.25, 0.3) is 17.3 Å². The molecule has 0 radical (unpaired) electrons. The molecular weight excluding hydrogens is 522 g/mol. The van der Waals surface area contributed by atoms with Gasteiger partial charge in [-0.05, 0) is 42.0 Å². The normalized spacial score (nSPS) is 10.5. The second-order valence-electron chi connectivity index (χ2n) is 6.25. The standard InChI is InChI=1S/C20H13Br2N3O5/c21-15-3-1-13(2-4-15)12-23(17-7-5-16(22)6-8-17)20(26)14-9-18(24(27)28)11-19(10-14)25(29)30/h1-11H,12H2. The lowest BCUT2D eigenvalue weighted by Crippen LogP contribution is -2.30. The highest BCUT2D eigenvalue weighted by Crippen LogP contribution is 2.27. The second-order valence-corrected chi connectivity index (χ2v) is 8.08. The first-order valence-electron chi connectivity index (χ1n) is 8.50. The summed E-state index contributed by atoms with van der Waals surface area (Å²) in [6.07, 6.45) is 0. The minimum absolute atomic E-state index is 0.143. The zero-order chi connectivity index (χ0) is 21.8. The van der Waals surface area contributed by atoms with Gasteiger partial charge in [0.05, 0.1) is 28.0 Å². The number of carbonyl (C=O) groups excluding carboxylic acids is 1. The molecule has 0 aliphatic rings. The van der Waals surface area contributed by atoms with Gasteiger partial charge in [-0.15, -0.1) is 0 Å². The Morgan fingerprint density at radius 1 is 0.800 bits per heavy atom. The molecule has 0 spiro atoms. The zero-order valence-electron chi connectivity index (χ0n) is 15.2. The van der Waals surface area contributed by atoms with E-state index < -0.39 is 27.1 Å². The number of nitro groups is 2. The summed E-state index contributed by atoms with van der Waals surface area (Å²) in [7, 11) is 0. The van der Waals surface area contributed by atoms with E-state index in [1.165, 1.54) is 4.90 Å². The summed E-state index contributed by atoms with van der Waals surface area (Å²) < 4.78 is 1.69. The quantitative estimate of drug-likeness (QED) is 0.290. The molecule has 0 aliphatic carbocycles. The fourth-order valence-electron chi connectivity index (χ4n) is 2.76. The predicted molar refractivity (Wildman–Crippen MR) is 119 cm³/mol. The fraction of sp³-hybridized carbons (Fsp3) is 0.0500. The Morgan fingerprint density at radius 3 is 1.73 bits per heavy atom. The van der Waals surface area contributed by atoms with Gasteiger partial charge in [-0.2, -0.15) is 0 Å². The molecular formula is C20H13Br2N3O5. The summed E-state index contributed by atoms with van der Waals surface area (Å²) in [6, 6.07) is 17.2. The van der Waals surface area contributed by atoms with E-state index >= 15 is 0 Å². The third-order valence-electron chi connectivity index (χ3n) is 4.21. The van der Waals surface area contributed by atoms with E-state index in [9.17, 15) is 25.0 Å².